The van der Waals surface area contributed by atoms with Gasteiger partial charge in [0, 0.05) is 12.6 Å². The van der Waals surface area contributed by atoms with Gasteiger partial charge in [0.2, 0.25) is 0 Å². The quantitative estimate of drug-likeness (QED) is 0.743. The Morgan fingerprint density at radius 3 is 2.42 bits per heavy atom. The van der Waals surface area contributed by atoms with E-state index < -0.39 is 0 Å². The summed E-state index contributed by atoms with van der Waals surface area (Å²) in [6, 6.07) is 6.83. The van der Waals surface area contributed by atoms with Crippen molar-refractivity contribution in [2.75, 3.05) is 6.61 Å². The van der Waals surface area contributed by atoms with Crippen molar-refractivity contribution in [1.82, 2.24) is 5.32 Å². The van der Waals surface area contributed by atoms with Crippen LogP contribution >= 0.6 is 15.9 Å². The molecule has 0 spiro atoms. The van der Waals surface area contributed by atoms with E-state index in [1.54, 1.807) is 0 Å². The zero-order chi connectivity index (χ0) is 14.3. The molecule has 1 rings (SSSR count). The van der Waals surface area contributed by atoms with Crippen LogP contribution in [0.1, 0.15) is 46.1 Å². The number of benzene rings is 1. The molecule has 0 fully saturated rings. The Bertz CT molecular complexity index is 375. The molecule has 0 amide bonds. The number of hydrogen-bond acceptors (Lipinski definition) is 2. The molecule has 3 heteroatoms. The number of nitrogens with one attached hydrogen (secondary N) is 1. The third-order valence-electron chi connectivity index (χ3n) is 3.34. The van der Waals surface area contributed by atoms with Gasteiger partial charge >= 0.3 is 0 Å². The summed E-state index contributed by atoms with van der Waals surface area (Å²) in [6.45, 7) is 10.4. The topological polar surface area (TPSA) is 21.3 Å². The van der Waals surface area contributed by atoms with E-state index in [0.29, 0.717) is 12.0 Å². The normalized spacial score (nSPS) is 11.3. The van der Waals surface area contributed by atoms with Gasteiger partial charge in [0.05, 0.1) is 11.1 Å². The van der Waals surface area contributed by atoms with Crippen molar-refractivity contribution >= 4 is 15.9 Å². The van der Waals surface area contributed by atoms with E-state index in [1.165, 1.54) is 18.4 Å². The van der Waals surface area contributed by atoms with E-state index >= 15 is 0 Å². The second kappa shape index (κ2) is 8.60. The molecule has 0 radical (unpaired) electrons. The Morgan fingerprint density at radius 1 is 1.21 bits per heavy atom. The van der Waals surface area contributed by atoms with Gasteiger partial charge in [-0.15, -0.1) is 0 Å². The molecule has 1 N–H and O–H groups in total. The molecule has 19 heavy (non-hydrogen) atoms. The van der Waals surface area contributed by atoms with E-state index in [2.05, 4.69) is 67.1 Å². The van der Waals surface area contributed by atoms with E-state index in [-0.39, 0.29) is 0 Å². The summed E-state index contributed by atoms with van der Waals surface area (Å²) < 4.78 is 6.94. The van der Waals surface area contributed by atoms with Gasteiger partial charge in [0.1, 0.15) is 5.75 Å². The van der Waals surface area contributed by atoms with Crippen LogP contribution in [-0.2, 0) is 6.54 Å². The molecule has 0 aliphatic rings. The van der Waals surface area contributed by atoms with Crippen LogP contribution in [0.2, 0.25) is 0 Å². The first-order valence-corrected chi connectivity index (χ1v) is 8.00. The number of halogens is 1. The molecule has 1 aromatic carbocycles. The van der Waals surface area contributed by atoms with Crippen molar-refractivity contribution in [2.45, 2.75) is 53.1 Å². The highest BCUT2D eigenvalue weighted by Gasteiger charge is 2.07. The van der Waals surface area contributed by atoms with Crippen LogP contribution < -0.4 is 10.1 Å². The first-order chi connectivity index (χ1) is 9.06. The highest BCUT2D eigenvalue weighted by Crippen LogP contribution is 2.27. The highest BCUT2D eigenvalue weighted by molar-refractivity contribution is 9.10. The summed E-state index contributed by atoms with van der Waals surface area (Å²) in [4.78, 5) is 0. The Labute approximate surface area is 126 Å². The standard InChI is InChI=1S/C16H26BrNO/c1-5-13(6-2)11-19-16-8-7-14(9-15(16)17)10-18-12(3)4/h7-9,12-13,18H,5-6,10-11H2,1-4H3. The maximum atomic E-state index is 5.89. The van der Waals surface area contributed by atoms with Gasteiger partial charge in [0.15, 0.2) is 0 Å². The third-order valence-corrected chi connectivity index (χ3v) is 3.96. The fourth-order valence-corrected chi connectivity index (χ4v) is 2.37. The van der Waals surface area contributed by atoms with E-state index in [0.717, 1.165) is 23.4 Å². The number of ether oxygens (including phenoxy) is 1. The predicted octanol–water partition coefficient (Wildman–Crippen LogP) is 4.76. The molecule has 0 atom stereocenters. The zero-order valence-electron chi connectivity index (χ0n) is 12.5. The fourth-order valence-electron chi connectivity index (χ4n) is 1.83. The molecule has 0 aromatic heterocycles. The number of rotatable bonds is 8. The third kappa shape index (κ3) is 5.96. The van der Waals surface area contributed by atoms with Crippen LogP contribution in [0, 0.1) is 5.92 Å². The maximum Gasteiger partial charge on any atom is 0.133 e. The summed E-state index contributed by atoms with van der Waals surface area (Å²) >= 11 is 3.60. The Balaban J connectivity index is 2.56. The monoisotopic (exact) mass is 327 g/mol. The molecule has 0 saturated heterocycles. The van der Waals surface area contributed by atoms with Gasteiger partial charge < -0.3 is 10.1 Å². The molecule has 1 aromatic rings. The lowest BCUT2D eigenvalue weighted by Crippen LogP contribution is -2.21. The highest BCUT2D eigenvalue weighted by atomic mass is 79.9. The summed E-state index contributed by atoms with van der Waals surface area (Å²) in [5.41, 5.74) is 1.27. The second-order valence-corrected chi connectivity index (χ2v) is 6.15. The Kier molecular flexibility index (Phi) is 7.47. The van der Waals surface area contributed by atoms with E-state index in [9.17, 15) is 0 Å². The van der Waals surface area contributed by atoms with Crippen LogP contribution in [0.3, 0.4) is 0 Å². The van der Waals surface area contributed by atoms with Crippen LogP contribution in [0.25, 0.3) is 0 Å². The van der Waals surface area contributed by atoms with Gasteiger partial charge in [-0.3, -0.25) is 0 Å². The fraction of sp³-hybridized carbons (Fsp3) is 0.625. The lowest BCUT2D eigenvalue weighted by atomic mass is 10.1. The van der Waals surface area contributed by atoms with Crippen molar-refractivity contribution in [2.24, 2.45) is 5.92 Å². The van der Waals surface area contributed by atoms with Crippen LogP contribution in [0.4, 0.5) is 0 Å². The van der Waals surface area contributed by atoms with Crippen LogP contribution in [0.5, 0.6) is 5.75 Å². The van der Waals surface area contributed by atoms with Crippen molar-refractivity contribution < 1.29 is 4.74 Å². The van der Waals surface area contributed by atoms with Gasteiger partial charge in [0.25, 0.3) is 0 Å². The lowest BCUT2D eigenvalue weighted by molar-refractivity contribution is 0.239. The smallest absolute Gasteiger partial charge is 0.133 e. The zero-order valence-corrected chi connectivity index (χ0v) is 14.1. The average Bonchev–Trinajstić information content (AvgIpc) is 2.39. The molecular weight excluding hydrogens is 302 g/mol. The molecule has 0 heterocycles. The van der Waals surface area contributed by atoms with Crippen molar-refractivity contribution in [3.63, 3.8) is 0 Å². The molecule has 108 valence electrons. The minimum absolute atomic E-state index is 0.504. The summed E-state index contributed by atoms with van der Waals surface area (Å²) in [5, 5.41) is 3.42. The van der Waals surface area contributed by atoms with E-state index in [1.807, 2.05) is 0 Å². The molecule has 0 saturated carbocycles. The predicted molar refractivity (Wildman–Crippen MR) is 85.7 cm³/mol. The second-order valence-electron chi connectivity index (χ2n) is 5.29. The Hall–Kier alpha value is -0.540. The average molecular weight is 328 g/mol. The first-order valence-electron chi connectivity index (χ1n) is 7.21. The Morgan fingerprint density at radius 2 is 1.89 bits per heavy atom. The van der Waals surface area contributed by atoms with Crippen LogP contribution in [0.15, 0.2) is 22.7 Å². The minimum atomic E-state index is 0.504. The van der Waals surface area contributed by atoms with Crippen molar-refractivity contribution in [3.8, 4) is 5.75 Å². The summed E-state index contributed by atoms with van der Waals surface area (Å²) in [7, 11) is 0. The van der Waals surface area contributed by atoms with Crippen molar-refractivity contribution in [3.05, 3.63) is 28.2 Å². The van der Waals surface area contributed by atoms with Gasteiger partial charge in [-0.1, -0.05) is 46.6 Å². The largest absolute Gasteiger partial charge is 0.492 e. The molecule has 0 bridgehead atoms. The van der Waals surface area contributed by atoms with Crippen LogP contribution in [-0.4, -0.2) is 12.6 Å². The van der Waals surface area contributed by atoms with Gasteiger partial charge in [-0.2, -0.15) is 0 Å². The lowest BCUT2D eigenvalue weighted by Gasteiger charge is -2.15. The first kappa shape index (κ1) is 16.5. The van der Waals surface area contributed by atoms with Gasteiger partial charge in [-0.25, -0.2) is 0 Å². The summed E-state index contributed by atoms with van der Waals surface area (Å²) in [6.07, 6.45) is 2.34. The molecule has 0 unspecified atom stereocenters. The minimum Gasteiger partial charge on any atom is -0.492 e. The van der Waals surface area contributed by atoms with Crippen molar-refractivity contribution in [1.29, 1.82) is 0 Å². The molecule has 0 aliphatic carbocycles. The maximum absolute atomic E-state index is 5.89. The molecule has 2 nitrogen and oxygen atoms in total. The SMILES string of the molecule is CCC(CC)COc1ccc(CNC(C)C)cc1Br. The molecular formula is C16H26BrNO. The molecule has 0 aliphatic heterocycles. The van der Waals surface area contributed by atoms with Gasteiger partial charge in [-0.05, 0) is 39.5 Å². The van der Waals surface area contributed by atoms with E-state index in [4.69, 9.17) is 4.74 Å². The number of hydrogen-bond donors (Lipinski definition) is 1. The summed E-state index contributed by atoms with van der Waals surface area (Å²) in [5.74, 6) is 1.59.